The Balaban J connectivity index is 1.37. The van der Waals surface area contributed by atoms with Crippen LogP contribution in [0.4, 0.5) is 4.79 Å². The molecule has 0 radical (unpaired) electrons. The number of nitrogens with zero attached hydrogens (tertiary/aromatic N) is 3. The molecule has 0 bridgehead atoms. The highest BCUT2D eigenvalue weighted by Gasteiger charge is 2.51. The van der Waals surface area contributed by atoms with Crippen LogP contribution < -0.4 is 0 Å². The zero-order valence-corrected chi connectivity index (χ0v) is 20.7. The maximum absolute atomic E-state index is 13.5. The lowest BCUT2D eigenvalue weighted by atomic mass is 10.0. The van der Waals surface area contributed by atoms with Gasteiger partial charge >= 0.3 is 6.09 Å². The number of phenols is 1. The van der Waals surface area contributed by atoms with Crippen molar-refractivity contribution in [1.29, 1.82) is 0 Å². The number of benzene rings is 3. The Bertz CT molecular complexity index is 1320. The third kappa shape index (κ3) is 4.70. The normalized spacial score (nSPS) is 21.8. The molecule has 1 unspecified atom stereocenters. The first kappa shape index (κ1) is 24.6. The summed E-state index contributed by atoms with van der Waals surface area (Å²) in [4.78, 5) is 48.6. The zero-order chi connectivity index (χ0) is 26.1. The van der Waals surface area contributed by atoms with Crippen molar-refractivity contribution in [2.24, 2.45) is 0 Å². The molecule has 0 aromatic heterocycles. The molecule has 2 heterocycles. The largest absolute Gasteiger partial charge is 0.508 e. The van der Waals surface area contributed by atoms with E-state index in [0.717, 1.165) is 27.0 Å². The van der Waals surface area contributed by atoms with Crippen LogP contribution in [0.15, 0.2) is 66.7 Å². The van der Waals surface area contributed by atoms with E-state index in [1.54, 1.807) is 24.0 Å². The molecule has 5 rings (SSSR count). The molecular weight excluding hydrogens is 474 g/mol. The zero-order valence-electron chi connectivity index (χ0n) is 20.7. The van der Waals surface area contributed by atoms with E-state index >= 15 is 0 Å². The first-order valence-electron chi connectivity index (χ1n) is 12.3. The number of piperazine rings is 1. The number of carbonyl (C=O) groups is 3. The van der Waals surface area contributed by atoms with Crippen molar-refractivity contribution in [3.8, 4) is 5.75 Å². The lowest BCUT2D eigenvalue weighted by Crippen LogP contribution is -2.73. The Labute approximate surface area is 214 Å². The van der Waals surface area contributed by atoms with Gasteiger partial charge in [-0.1, -0.05) is 54.6 Å². The molecule has 0 saturated carbocycles. The summed E-state index contributed by atoms with van der Waals surface area (Å²) in [5.74, 6) is -0.442. The second-order valence-electron chi connectivity index (χ2n) is 9.34. The van der Waals surface area contributed by atoms with E-state index in [0.29, 0.717) is 13.0 Å². The Morgan fingerprint density at radius 3 is 2.51 bits per heavy atom. The quantitative estimate of drug-likeness (QED) is 0.575. The second kappa shape index (κ2) is 10.1. The number of hydrogen-bond acceptors (Lipinski definition) is 6. The predicted molar refractivity (Wildman–Crippen MR) is 135 cm³/mol. The van der Waals surface area contributed by atoms with Crippen molar-refractivity contribution in [2.75, 3.05) is 20.2 Å². The van der Waals surface area contributed by atoms with Gasteiger partial charge in [-0.25, -0.2) is 4.79 Å². The molecule has 2 fully saturated rings. The van der Waals surface area contributed by atoms with Gasteiger partial charge in [0.2, 0.25) is 5.91 Å². The van der Waals surface area contributed by atoms with Crippen molar-refractivity contribution in [1.82, 2.24) is 14.9 Å². The molecule has 0 spiro atoms. The monoisotopic (exact) mass is 503 g/mol. The van der Waals surface area contributed by atoms with Crippen LogP contribution in [0.3, 0.4) is 0 Å². The van der Waals surface area contributed by atoms with Crippen LogP contribution in [-0.2, 0) is 32.0 Å². The summed E-state index contributed by atoms with van der Waals surface area (Å²) in [6, 6.07) is 19.8. The molecule has 3 atom stereocenters. The van der Waals surface area contributed by atoms with Gasteiger partial charge in [0.05, 0.1) is 13.7 Å². The molecule has 3 aromatic carbocycles. The van der Waals surface area contributed by atoms with Gasteiger partial charge in [-0.15, -0.1) is 0 Å². The smallest absolute Gasteiger partial charge is 0.435 e. The summed E-state index contributed by atoms with van der Waals surface area (Å²) in [6.45, 7) is 2.22. The molecule has 9 heteroatoms. The lowest BCUT2D eigenvalue weighted by molar-refractivity contribution is -0.264. The third-order valence-corrected chi connectivity index (χ3v) is 7.08. The molecule has 2 aliphatic rings. The number of amides is 3. The number of fused-ring (bicyclic) bond motifs is 2. The Morgan fingerprint density at radius 2 is 1.76 bits per heavy atom. The maximum atomic E-state index is 13.5. The van der Waals surface area contributed by atoms with Crippen LogP contribution in [0.25, 0.3) is 10.8 Å². The van der Waals surface area contributed by atoms with Crippen LogP contribution in [0.1, 0.15) is 18.1 Å². The van der Waals surface area contributed by atoms with Gasteiger partial charge < -0.3 is 19.6 Å². The summed E-state index contributed by atoms with van der Waals surface area (Å²) >= 11 is 0. The number of hydroxylamine groups is 2. The van der Waals surface area contributed by atoms with E-state index in [-0.39, 0.29) is 30.5 Å². The Morgan fingerprint density at radius 1 is 1.03 bits per heavy atom. The molecule has 1 N–H and O–H groups in total. The number of carbonyl (C=O) groups excluding carboxylic acids is 3. The first-order valence-corrected chi connectivity index (χ1v) is 12.3. The molecule has 9 nitrogen and oxygen atoms in total. The minimum atomic E-state index is -1.02. The Kier molecular flexibility index (Phi) is 6.71. The number of aromatic hydroxyl groups is 1. The van der Waals surface area contributed by atoms with Crippen molar-refractivity contribution < 1.29 is 29.1 Å². The summed E-state index contributed by atoms with van der Waals surface area (Å²) in [5, 5.41) is 12.9. The molecule has 2 aliphatic heterocycles. The van der Waals surface area contributed by atoms with Crippen LogP contribution >= 0.6 is 0 Å². The van der Waals surface area contributed by atoms with Crippen LogP contribution in [0.5, 0.6) is 5.75 Å². The molecule has 2 saturated heterocycles. The van der Waals surface area contributed by atoms with E-state index in [1.807, 2.05) is 18.2 Å². The van der Waals surface area contributed by atoms with Crippen molar-refractivity contribution in [3.05, 3.63) is 77.9 Å². The van der Waals surface area contributed by atoms with Gasteiger partial charge in [-0.05, 0) is 47.4 Å². The van der Waals surface area contributed by atoms with Gasteiger partial charge in [-0.2, -0.15) is 5.06 Å². The highest BCUT2D eigenvalue weighted by atomic mass is 16.7. The SMILES string of the molecule is COC(=O)N1O[C@H](Cc2ccc(O)cc2)C(=O)N2C1CN(CCc1cccc3ccccc13)C(=O)[C@@H]2C. The van der Waals surface area contributed by atoms with Gasteiger partial charge in [0, 0.05) is 13.0 Å². The minimum absolute atomic E-state index is 0.106. The van der Waals surface area contributed by atoms with Gasteiger partial charge in [0.25, 0.3) is 5.91 Å². The van der Waals surface area contributed by atoms with Gasteiger partial charge in [0.1, 0.15) is 11.8 Å². The summed E-state index contributed by atoms with van der Waals surface area (Å²) in [7, 11) is 1.25. The van der Waals surface area contributed by atoms with Crippen molar-refractivity contribution in [3.63, 3.8) is 0 Å². The van der Waals surface area contributed by atoms with E-state index in [9.17, 15) is 19.5 Å². The molecule has 192 valence electrons. The standard InChI is InChI=1S/C28H29N3O6/c1-18-26(33)29(15-14-21-8-5-7-20-6-3-4-9-23(20)21)17-25-30(18)27(34)24(37-31(25)28(35)36-2)16-19-10-12-22(32)13-11-19/h3-13,18,24-25,32H,14-17H2,1-2H3/t18-,24+,25?/m0/s1. The fourth-order valence-electron chi connectivity index (χ4n) is 5.15. The van der Waals surface area contributed by atoms with Gasteiger partial charge in [0.15, 0.2) is 12.3 Å². The summed E-state index contributed by atoms with van der Waals surface area (Å²) in [6.07, 6.45) is -1.77. The fourth-order valence-corrected chi connectivity index (χ4v) is 5.15. The summed E-state index contributed by atoms with van der Waals surface area (Å²) < 4.78 is 4.95. The predicted octanol–water partition coefficient (Wildman–Crippen LogP) is 3.10. The van der Waals surface area contributed by atoms with Gasteiger partial charge in [-0.3, -0.25) is 14.4 Å². The van der Waals surface area contributed by atoms with Crippen molar-refractivity contribution in [2.45, 2.75) is 38.1 Å². The molecule has 0 aliphatic carbocycles. The van der Waals surface area contributed by atoms with E-state index < -0.39 is 24.4 Å². The second-order valence-corrected chi connectivity index (χ2v) is 9.34. The average molecular weight is 504 g/mol. The van der Waals surface area contributed by atoms with E-state index in [4.69, 9.17) is 9.57 Å². The van der Waals surface area contributed by atoms with Crippen LogP contribution in [0.2, 0.25) is 0 Å². The number of rotatable bonds is 5. The molecular formula is C28H29N3O6. The number of ether oxygens (including phenoxy) is 1. The molecule has 3 aromatic rings. The topological polar surface area (TPSA) is 99.6 Å². The fraction of sp³-hybridized carbons (Fsp3) is 0.321. The summed E-state index contributed by atoms with van der Waals surface area (Å²) in [5.41, 5.74) is 1.86. The molecule has 37 heavy (non-hydrogen) atoms. The Hall–Kier alpha value is -4.11. The van der Waals surface area contributed by atoms with E-state index in [1.165, 1.54) is 24.1 Å². The van der Waals surface area contributed by atoms with Crippen molar-refractivity contribution >= 4 is 28.7 Å². The minimum Gasteiger partial charge on any atom is -0.508 e. The highest BCUT2D eigenvalue weighted by Crippen LogP contribution is 2.30. The highest BCUT2D eigenvalue weighted by molar-refractivity contribution is 5.92. The average Bonchev–Trinajstić information content (AvgIpc) is 2.91. The maximum Gasteiger partial charge on any atom is 0.435 e. The number of methoxy groups -OCH3 is 1. The number of hydrogen-bond donors (Lipinski definition) is 1. The lowest BCUT2D eigenvalue weighted by Gasteiger charge is -2.51. The van der Waals surface area contributed by atoms with Crippen LogP contribution in [-0.4, -0.2) is 76.4 Å². The van der Waals surface area contributed by atoms with Crippen LogP contribution in [0, 0.1) is 0 Å². The molecule has 3 amide bonds. The first-order chi connectivity index (χ1) is 17.9. The third-order valence-electron chi connectivity index (χ3n) is 7.08. The number of phenolic OH excluding ortho intramolecular Hbond substituents is 1. The van der Waals surface area contributed by atoms with E-state index in [2.05, 4.69) is 24.3 Å².